The fraction of sp³-hybridized carbons (Fsp3) is 0.667. The van der Waals surface area contributed by atoms with E-state index in [9.17, 15) is 4.79 Å². The number of rotatable bonds is 2. The van der Waals surface area contributed by atoms with Crippen LogP contribution in [-0.2, 0) is 9.53 Å². The number of ether oxygens (including phenoxy) is 1. The molecule has 0 rings (SSSR count). The van der Waals surface area contributed by atoms with Crippen molar-refractivity contribution in [1.29, 1.82) is 0 Å². The number of hydrogen-bond donors (Lipinski definition) is 0. The standard InChI is InChI=1S/C3H6O2.Mg.2H/c1-5-3-2-4;;;/h2H,3H2,1H3;;;/q;+2;2*-1. The van der Waals surface area contributed by atoms with Crippen molar-refractivity contribution in [3.05, 3.63) is 0 Å². The van der Waals surface area contributed by atoms with Gasteiger partial charge in [-0.3, -0.25) is 0 Å². The van der Waals surface area contributed by atoms with E-state index in [0.717, 1.165) is 0 Å². The third-order valence-corrected chi connectivity index (χ3v) is 0.235. The Bertz CT molecular complexity index is 36.5. The van der Waals surface area contributed by atoms with Gasteiger partial charge in [-0.25, -0.2) is 0 Å². The molecule has 0 saturated carbocycles. The molecular formula is C3H8MgO2. The largest absolute Gasteiger partial charge is 2.00 e. The summed E-state index contributed by atoms with van der Waals surface area (Å²) in [4.78, 5) is 9.28. The van der Waals surface area contributed by atoms with Gasteiger partial charge in [-0.1, -0.05) is 0 Å². The number of carbonyl (C=O) groups is 1. The first-order chi connectivity index (χ1) is 2.41. The van der Waals surface area contributed by atoms with Gasteiger partial charge in [0.05, 0.1) is 0 Å². The molecule has 0 amide bonds. The Kier molecular flexibility index (Phi) is 14.5. The average Bonchev–Trinajstić information content (AvgIpc) is 1.41. The SMILES string of the molecule is COCC=O.[H-].[H-].[Mg+2]. The van der Waals surface area contributed by atoms with Gasteiger partial charge in [-0.15, -0.1) is 0 Å². The van der Waals surface area contributed by atoms with E-state index >= 15 is 0 Å². The molecule has 0 aliphatic heterocycles. The summed E-state index contributed by atoms with van der Waals surface area (Å²) in [5.41, 5.74) is 0. The molecule has 0 atom stereocenters. The van der Waals surface area contributed by atoms with Gasteiger partial charge in [0.15, 0.2) is 0 Å². The summed E-state index contributed by atoms with van der Waals surface area (Å²) in [6.07, 6.45) is 0.708. The maximum absolute atomic E-state index is 9.28. The first kappa shape index (κ1) is 9.64. The quantitative estimate of drug-likeness (QED) is 0.351. The minimum absolute atomic E-state index is 0. The fourth-order valence-corrected chi connectivity index (χ4v) is 0.0680. The summed E-state index contributed by atoms with van der Waals surface area (Å²) in [7, 11) is 1.48. The second-order valence-electron chi connectivity index (χ2n) is 0.622. The molecule has 0 bridgehead atoms. The molecule has 0 N–H and O–H groups in total. The van der Waals surface area contributed by atoms with Gasteiger partial charge >= 0.3 is 23.1 Å². The van der Waals surface area contributed by atoms with Crippen molar-refractivity contribution >= 4 is 29.3 Å². The van der Waals surface area contributed by atoms with Crippen LogP contribution in [0.2, 0.25) is 0 Å². The van der Waals surface area contributed by atoms with Crippen molar-refractivity contribution in [3.8, 4) is 0 Å². The summed E-state index contributed by atoms with van der Waals surface area (Å²) in [6.45, 7) is 0.208. The van der Waals surface area contributed by atoms with Crippen LogP contribution in [0.25, 0.3) is 0 Å². The molecule has 0 aliphatic carbocycles. The van der Waals surface area contributed by atoms with E-state index in [2.05, 4.69) is 4.74 Å². The maximum atomic E-state index is 9.28. The van der Waals surface area contributed by atoms with E-state index in [0.29, 0.717) is 6.29 Å². The number of methoxy groups -OCH3 is 1. The molecule has 0 aromatic rings. The van der Waals surface area contributed by atoms with Crippen molar-refractivity contribution in [2.24, 2.45) is 0 Å². The van der Waals surface area contributed by atoms with Crippen LogP contribution in [0.1, 0.15) is 2.85 Å². The van der Waals surface area contributed by atoms with Gasteiger partial charge < -0.3 is 12.4 Å². The summed E-state index contributed by atoms with van der Waals surface area (Å²) >= 11 is 0. The summed E-state index contributed by atoms with van der Waals surface area (Å²) in [6, 6.07) is 0. The van der Waals surface area contributed by atoms with Crippen molar-refractivity contribution in [3.63, 3.8) is 0 Å². The van der Waals surface area contributed by atoms with Gasteiger partial charge in [0.2, 0.25) is 0 Å². The van der Waals surface area contributed by atoms with E-state index in [1.54, 1.807) is 0 Å². The van der Waals surface area contributed by atoms with Crippen LogP contribution < -0.4 is 0 Å². The minimum Gasteiger partial charge on any atom is -1.00 e. The van der Waals surface area contributed by atoms with E-state index < -0.39 is 0 Å². The van der Waals surface area contributed by atoms with Gasteiger partial charge in [0.25, 0.3) is 0 Å². The van der Waals surface area contributed by atoms with Crippen LogP contribution in [-0.4, -0.2) is 43.1 Å². The number of carbonyl (C=O) groups excluding carboxylic acids is 1. The third kappa shape index (κ3) is 8.83. The Morgan fingerprint density at radius 2 is 2.50 bits per heavy atom. The first-order valence-electron chi connectivity index (χ1n) is 1.34. The molecule has 0 fully saturated rings. The first-order valence-corrected chi connectivity index (χ1v) is 1.34. The van der Waals surface area contributed by atoms with Crippen LogP contribution in [0.4, 0.5) is 0 Å². The van der Waals surface area contributed by atoms with Gasteiger partial charge in [-0.05, 0) is 0 Å². The number of aldehydes is 1. The van der Waals surface area contributed by atoms with Crippen molar-refractivity contribution < 1.29 is 12.4 Å². The Hall–Kier alpha value is 0.396. The van der Waals surface area contributed by atoms with Crippen molar-refractivity contribution in [2.45, 2.75) is 0 Å². The van der Waals surface area contributed by atoms with Crippen LogP contribution in [0, 0.1) is 0 Å². The summed E-state index contributed by atoms with van der Waals surface area (Å²) < 4.78 is 4.32. The molecule has 0 unspecified atom stereocenters. The van der Waals surface area contributed by atoms with Gasteiger partial charge in [-0.2, -0.15) is 0 Å². The molecule has 2 nitrogen and oxygen atoms in total. The third-order valence-electron chi connectivity index (χ3n) is 0.235. The molecule has 0 heterocycles. The van der Waals surface area contributed by atoms with Crippen LogP contribution >= 0.6 is 0 Å². The molecule has 0 aliphatic rings. The summed E-state index contributed by atoms with van der Waals surface area (Å²) in [5.74, 6) is 0. The molecule has 0 aromatic heterocycles. The molecule has 3 heteroatoms. The zero-order chi connectivity index (χ0) is 4.12. The molecule has 34 valence electrons. The minimum atomic E-state index is 0. The molecule has 0 saturated heterocycles. The van der Waals surface area contributed by atoms with Gasteiger partial charge in [0.1, 0.15) is 12.9 Å². The Labute approximate surface area is 56.0 Å². The molecule has 0 aromatic carbocycles. The zero-order valence-corrected chi connectivity index (χ0v) is 5.22. The van der Waals surface area contributed by atoms with E-state index in [1.807, 2.05) is 0 Å². The van der Waals surface area contributed by atoms with Crippen molar-refractivity contribution in [2.75, 3.05) is 13.7 Å². The van der Waals surface area contributed by atoms with Crippen LogP contribution in [0.3, 0.4) is 0 Å². The smallest absolute Gasteiger partial charge is 1.00 e. The average molecular weight is 100 g/mol. The van der Waals surface area contributed by atoms with Crippen LogP contribution in [0.5, 0.6) is 0 Å². The Morgan fingerprint density at radius 3 is 2.50 bits per heavy atom. The summed E-state index contributed by atoms with van der Waals surface area (Å²) in [5, 5.41) is 0. The zero-order valence-electron chi connectivity index (χ0n) is 5.81. The Balaban J connectivity index is -0.0000000267. The predicted molar refractivity (Wildman–Crippen MR) is 25.9 cm³/mol. The molecule has 0 spiro atoms. The molecule has 6 heavy (non-hydrogen) atoms. The molecular weight excluding hydrogens is 92.3 g/mol. The predicted octanol–water partition coefficient (Wildman–Crippen LogP) is -0.324. The van der Waals surface area contributed by atoms with E-state index in [4.69, 9.17) is 0 Å². The van der Waals surface area contributed by atoms with Crippen molar-refractivity contribution in [1.82, 2.24) is 0 Å². The fourth-order valence-electron chi connectivity index (χ4n) is 0.0680. The maximum Gasteiger partial charge on any atom is 2.00 e. The topological polar surface area (TPSA) is 26.3 Å². The number of hydrogen-bond acceptors (Lipinski definition) is 2. The second-order valence-corrected chi connectivity index (χ2v) is 0.622. The van der Waals surface area contributed by atoms with Gasteiger partial charge in [0, 0.05) is 7.11 Å². The monoisotopic (exact) mass is 100 g/mol. The van der Waals surface area contributed by atoms with E-state index in [-0.39, 0.29) is 32.5 Å². The second kappa shape index (κ2) is 9.04. The molecule has 0 radical (unpaired) electrons. The Morgan fingerprint density at radius 1 is 2.00 bits per heavy atom. The normalized spacial score (nSPS) is 6.17. The van der Waals surface area contributed by atoms with Crippen LogP contribution in [0.15, 0.2) is 0 Å². The van der Waals surface area contributed by atoms with E-state index in [1.165, 1.54) is 7.11 Å².